The van der Waals surface area contributed by atoms with Gasteiger partial charge in [-0.1, -0.05) is 6.42 Å². The highest BCUT2D eigenvalue weighted by atomic mass is 16.4. The number of nitrogens with two attached hydrogens (primary N) is 1. The summed E-state index contributed by atoms with van der Waals surface area (Å²) in [4.78, 5) is 13.6. The number of aromatic carboxylic acids is 1. The van der Waals surface area contributed by atoms with Crippen molar-refractivity contribution in [2.45, 2.75) is 50.2 Å². The molecule has 5 heteroatoms. The Morgan fingerprint density at radius 3 is 2.62 bits per heavy atom. The van der Waals surface area contributed by atoms with Crippen molar-refractivity contribution in [3.63, 3.8) is 0 Å². The van der Waals surface area contributed by atoms with E-state index in [1.165, 1.54) is 19.3 Å². The van der Waals surface area contributed by atoms with Gasteiger partial charge >= 0.3 is 5.97 Å². The number of hydrogen-bond acceptors (Lipinski definition) is 4. The van der Waals surface area contributed by atoms with Gasteiger partial charge in [-0.25, -0.2) is 4.79 Å². The zero-order valence-electron chi connectivity index (χ0n) is 12.4. The van der Waals surface area contributed by atoms with Crippen molar-refractivity contribution in [2.75, 3.05) is 18.1 Å². The monoisotopic (exact) mass is 289 g/mol. The number of piperidine rings is 2. The summed E-state index contributed by atoms with van der Waals surface area (Å²) in [7, 11) is 2.23. The molecule has 2 saturated heterocycles. The molecule has 2 heterocycles. The number of nitrogens with zero attached hydrogens (tertiary/aromatic N) is 1. The average Bonchev–Trinajstić information content (AvgIpc) is 2.42. The van der Waals surface area contributed by atoms with E-state index in [4.69, 9.17) is 10.8 Å². The molecule has 0 amide bonds. The van der Waals surface area contributed by atoms with E-state index in [0.29, 0.717) is 23.8 Å². The predicted molar refractivity (Wildman–Crippen MR) is 83.6 cm³/mol. The van der Waals surface area contributed by atoms with Crippen molar-refractivity contribution in [3.05, 3.63) is 23.8 Å². The Morgan fingerprint density at radius 1 is 1.33 bits per heavy atom. The standard InChI is InChI=1S/C16H23N3O2/c1-19-12-3-2-4-13(19)9-11(8-12)18-15-7-10(16(20)21)5-6-14(15)17/h5-7,11-13,18H,2-4,8-9,17H2,1H3,(H,20,21). The summed E-state index contributed by atoms with van der Waals surface area (Å²) in [6.07, 6.45) is 6.04. The second-order valence-corrected chi connectivity index (χ2v) is 6.32. The summed E-state index contributed by atoms with van der Waals surface area (Å²) in [6, 6.07) is 6.51. The van der Waals surface area contributed by atoms with Crippen LogP contribution in [0.25, 0.3) is 0 Å². The van der Waals surface area contributed by atoms with Crippen LogP contribution in [0.2, 0.25) is 0 Å². The molecule has 1 aromatic carbocycles. The maximum Gasteiger partial charge on any atom is 0.335 e. The first-order valence-corrected chi connectivity index (χ1v) is 7.66. The van der Waals surface area contributed by atoms with Gasteiger partial charge in [0.2, 0.25) is 0 Å². The quantitative estimate of drug-likeness (QED) is 0.745. The molecular formula is C16H23N3O2. The molecule has 2 fully saturated rings. The minimum Gasteiger partial charge on any atom is -0.478 e. The smallest absolute Gasteiger partial charge is 0.335 e. The highest BCUT2D eigenvalue weighted by Gasteiger charge is 2.35. The Hall–Kier alpha value is -1.75. The number of carboxylic acids is 1. The molecule has 2 atom stereocenters. The van der Waals surface area contributed by atoms with E-state index in [1.807, 2.05) is 0 Å². The number of nitrogens with one attached hydrogen (secondary N) is 1. The van der Waals surface area contributed by atoms with Crippen molar-refractivity contribution in [3.8, 4) is 0 Å². The Bertz CT molecular complexity index is 532. The first kappa shape index (κ1) is 14.2. The van der Waals surface area contributed by atoms with E-state index in [1.54, 1.807) is 18.2 Å². The topological polar surface area (TPSA) is 78.6 Å². The van der Waals surface area contributed by atoms with Gasteiger partial charge in [0.1, 0.15) is 0 Å². The Morgan fingerprint density at radius 2 is 2.00 bits per heavy atom. The maximum atomic E-state index is 11.1. The number of fused-ring (bicyclic) bond motifs is 2. The summed E-state index contributed by atoms with van der Waals surface area (Å²) in [5.41, 5.74) is 7.63. The van der Waals surface area contributed by atoms with Gasteiger partial charge in [0.05, 0.1) is 16.9 Å². The lowest BCUT2D eigenvalue weighted by atomic mass is 9.82. The number of carboxylic acid groups (broad SMARTS) is 1. The molecule has 3 rings (SSSR count). The molecule has 4 N–H and O–H groups in total. The molecular weight excluding hydrogens is 266 g/mol. The van der Waals surface area contributed by atoms with E-state index < -0.39 is 5.97 Å². The van der Waals surface area contributed by atoms with Gasteiger partial charge in [-0.15, -0.1) is 0 Å². The third kappa shape index (κ3) is 2.83. The van der Waals surface area contributed by atoms with E-state index in [0.717, 1.165) is 18.5 Å². The normalized spacial score (nSPS) is 29.1. The number of anilines is 2. The minimum absolute atomic E-state index is 0.278. The van der Waals surface area contributed by atoms with Crippen LogP contribution in [0.4, 0.5) is 11.4 Å². The molecule has 0 radical (unpaired) electrons. The molecule has 2 aliphatic heterocycles. The maximum absolute atomic E-state index is 11.1. The van der Waals surface area contributed by atoms with Crippen LogP contribution in [0.5, 0.6) is 0 Å². The third-order valence-electron chi connectivity index (χ3n) is 5.00. The fourth-order valence-corrected chi connectivity index (χ4v) is 3.77. The first-order chi connectivity index (χ1) is 10.0. The molecule has 2 bridgehead atoms. The van der Waals surface area contributed by atoms with E-state index in [2.05, 4.69) is 17.3 Å². The molecule has 0 aliphatic carbocycles. The molecule has 5 nitrogen and oxygen atoms in total. The Kier molecular flexibility index (Phi) is 3.76. The van der Waals surface area contributed by atoms with Crippen LogP contribution in [-0.2, 0) is 0 Å². The van der Waals surface area contributed by atoms with E-state index in [9.17, 15) is 4.79 Å². The average molecular weight is 289 g/mol. The molecule has 0 aromatic heterocycles. The zero-order valence-corrected chi connectivity index (χ0v) is 12.4. The van der Waals surface area contributed by atoms with Crippen molar-refractivity contribution in [2.24, 2.45) is 0 Å². The lowest BCUT2D eigenvalue weighted by molar-refractivity contribution is 0.0608. The highest BCUT2D eigenvalue weighted by molar-refractivity contribution is 5.90. The highest BCUT2D eigenvalue weighted by Crippen LogP contribution is 2.34. The Balaban J connectivity index is 1.75. The SMILES string of the molecule is CN1C2CCCC1CC(Nc1cc(C(=O)O)ccc1N)C2. The van der Waals surface area contributed by atoms with Crippen LogP contribution < -0.4 is 11.1 Å². The molecule has 1 aromatic rings. The largest absolute Gasteiger partial charge is 0.478 e. The van der Waals surface area contributed by atoms with Gasteiger partial charge in [-0.3, -0.25) is 0 Å². The van der Waals surface area contributed by atoms with Crippen molar-refractivity contribution >= 4 is 17.3 Å². The second kappa shape index (κ2) is 5.56. The van der Waals surface area contributed by atoms with E-state index >= 15 is 0 Å². The summed E-state index contributed by atoms with van der Waals surface area (Å²) < 4.78 is 0. The minimum atomic E-state index is -0.918. The number of hydrogen-bond donors (Lipinski definition) is 3. The summed E-state index contributed by atoms with van der Waals surface area (Å²) in [5.74, 6) is -0.918. The van der Waals surface area contributed by atoms with E-state index in [-0.39, 0.29) is 5.56 Å². The van der Waals surface area contributed by atoms with Gasteiger partial charge in [0, 0.05) is 18.1 Å². The molecule has 2 unspecified atom stereocenters. The number of benzene rings is 1. The fourth-order valence-electron chi connectivity index (χ4n) is 3.77. The zero-order chi connectivity index (χ0) is 15.0. The fraction of sp³-hybridized carbons (Fsp3) is 0.562. The lowest BCUT2D eigenvalue weighted by Crippen LogP contribution is -2.52. The lowest BCUT2D eigenvalue weighted by Gasteiger charge is -2.47. The van der Waals surface area contributed by atoms with Gasteiger partial charge in [0.15, 0.2) is 0 Å². The number of nitrogen functional groups attached to an aromatic ring is 1. The van der Waals surface area contributed by atoms with Crippen LogP contribution in [0.1, 0.15) is 42.5 Å². The van der Waals surface area contributed by atoms with Crippen LogP contribution in [0.3, 0.4) is 0 Å². The van der Waals surface area contributed by atoms with Gasteiger partial charge in [0.25, 0.3) is 0 Å². The summed E-state index contributed by atoms with van der Waals surface area (Å²) >= 11 is 0. The third-order valence-corrected chi connectivity index (χ3v) is 5.00. The van der Waals surface area contributed by atoms with Crippen LogP contribution in [0, 0.1) is 0 Å². The first-order valence-electron chi connectivity index (χ1n) is 7.66. The van der Waals surface area contributed by atoms with Gasteiger partial charge in [-0.05, 0) is 50.9 Å². The van der Waals surface area contributed by atoms with Gasteiger partial charge in [-0.2, -0.15) is 0 Å². The second-order valence-electron chi connectivity index (χ2n) is 6.32. The summed E-state index contributed by atoms with van der Waals surface area (Å²) in [5, 5.41) is 12.6. The molecule has 0 spiro atoms. The van der Waals surface area contributed by atoms with Crippen LogP contribution in [0.15, 0.2) is 18.2 Å². The van der Waals surface area contributed by atoms with Crippen molar-refractivity contribution in [1.29, 1.82) is 0 Å². The van der Waals surface area contributed by atoms with Crippen LogP contribution >= 0.6 is 0 Å². The molecule has 0 saturated carbocycles. The summed E-state index contributed by atoms with van der Waals surface area (Å²) in [6.45, 7) is 0. The van der Waals surface area contributed by atoms with Gasteiger partial charge < -0.3 is 21.1 Å². The number of carbonyl (C=O) groups is 1. The molecule has 114 valence electrons. The van der Waals surface area contributed by atoms with Crippen molar-refractivity contribution < 1.29 is 9.90 Å². The number of rotatable bonds is 3. The Labute approximate surface area is 125 Å². The molecule has 21 heavy (non-hydrogen) atoms. The van der Waals surface area contributed by atoms with Crippen molar-refractivity contribution in [1.82, 2.24) is 4.90 Å². The molecule has 2 aliphatic rings. The van der Waals surface area contributed by atoms with Crippen LogP contribution in [-0.4, -0.2) is 41.1 Å². The predicted octanol–water partition coefficient (Wildman–Crippen LogP) is 2.39.